The molecule has 4 nitrogen and oxygen atoms in total. The predicted molar refractivity (Wildman–Crippen MR) is 82.2 cm³/mol. The summed E-state index contributed by atoms with van der Waals surface area (Å²) < 4.78 is 21.8. The van der Waals surface area contributed by atoms with Gasteiger partial charge in [-0.25, -0.2) is 0 Å². The monoisotopic (exact) mass is 288 g/mol. The Labute approximate surface area is 125 Å². The van der Waals surface area contributed by atoms with E-state index in [0.717, 1.165) is 33.9 Å². The van der Waals surface area contributed by atoms with E-state index in [2.05, 4.69) is 0 Å². The van der Waals surface area contributed by atoms with Gasteiger partial charge in [0, 0.05) is 12.7 Å². The molecule has 0 bridgehead atoms. The Bertz CT molecular complexity index is 585. The summed E-state index contributed by atoms with van der Waals surface area (Å²) in [6.45, 7) is 0.480. The minimum atomic E-state index is 0.480. The van der Waals surface area contributed by atoms with Crippen molar-refractivity contribution in [2.24, 2.45) is 0 Å². The average molecular weight is 288 g/mol. The highest BCUT2D eigenvalue weighted by Gasteiger charge is 2.19. The molecule has 0 saturated carbocycles. The lowest BCUT2D eigenvalue weighted by atomic mass is 9.97. The molecule has 0 aromatic heterocycles. The number of ether oxygens (including phenoxy) is 4. The Morgan fingerprint density at radius 1 is 0.667 bits per heavy atom. The summed E-state index contributed by atoms with van der Waals surface area (Å²) in [4.78, 5) is 0. The zero-order valence-electron chi connectivity index (χ0n) is 12.8. The maximum Gasteiger partial charge on any atom is 0.130 e. The second-order valence-electron chi connectivity index (χ2n) is 4.46. The van der Waals surface area contributed by atoms with Gasteiger partial charge in [0.2, 0.25) is 0 Å². The molecule has 2 aromatic carbocycles. The summed E-state index contributed by atoms with van der Waals surface area (Å²) >= 11 is 0. The van der Waals surface area contributed by atoms with E-state index in [1.165, 1.54) is 0 Å². The summed E-state index contributed by atoms with van der Waals surface area (Å²) in [6, 6.07) is 11.6. The zero-order valence-corrected chi connectivity index (χ0v) is 12.8. The molecule has 21 heavy (non-hydrogen) atoms. The summed E-state index contributed by atoms with van der Waals surface area (Å²) in [5.74, 6) is 2.22. The lowest BCUT2D eigenvalue weighted by Crippen LogP contribution is -2.00. The number of benzene rings is 2. The first-order valence-corrected chi connectivity index (χ1v) is 6.63. The van der Waals surface area contributed by atoms with E-state index in [9.17, 15) is 0 Å². The zero-order chi connectivity index (χ0) is 15.2. The molecular weight excluding hydrogens is 268 g/mol. The molecule has 112 valence electrons. The predicted octanol–water partition coefficient (Wildman–Crippen LogP) is 3.53. The van der Waals surface area contributed by atoms with Crippen molar-refractivity contribution < 1.29 is 18.9 Å². The van der Waals surface area contributed by atoms with E-state index in [1.54, 1.807) is 28.4 Å². The van der Waals surface area contributed by atoms with E-state index in [-0.39, 0.29) is 0 Å². The van der Waals surface area contributed by atoms with Crippen LogP contribution in [0.15, 0.2) is 36.4 Å². The third kappa shape index (κ3) is 2.95. The molecule has 0 unspecified atom stereocenters. The molecule has 0 aliphatic heterocycles. The van der Waals surface area contributed by atoms with Crippen LogP contribution < -0.4 is 14.2 Å². The molecule has 0 fully saturated rings. The van der Waals surface area contributed by atoms with Crippen molar-refractivity contribution in [3.8, 4) is 28.4 Å². The first-order chi connectivity index (χ1) is 10.3. The summed E-state index contributed by atoms with van der Waals surface area (Å²) in [7, 11) is 6.60. The van der Waals surface area contributed by atoms with Gasteiger partial charge in [0.25, 0.3) is 0 Å². The van der Waals surface area contributed by atoms with Crippen molar-refractivity contribution >= 4 is 0 Å². The van der Waals surface area contributed by atoms with Gasteiger partial charge in [0.15, 0.2) is 0 Å². The SMILES string of the molecule is COCc1cccc(OC)c1-c1c(OC)cccc1OC. The molecule has 0 aliphatic rings. The topological polar surface area (TPSA) is 36.9 Å². The van der Waals surface area contributed by atoms with Crippen LogP contribution in [0.1, 0.15) is 5.56 Å². The third-order valence-corrected chi connectivity index (χ3v) is 3.31. The molecular formula is C17H20O4. The third-order valence-electron chi connectivity index (χ3n) is 3.31. The van der Waals surface area contributed by atoms with Crippen molar-refractivity contribution in [2.75, 3.05) is 28.4 Å². The molecule has 0 heterocycles. The Morgan fingerprint density at radius 2 is 1.14 bits per heavy atom. The highest BCUT2D eigenvalue weighted by atomic mass is 16.5. The van der Waals surface area contributed by atoms with Gasteiger partial charge in [-0.15, -0.1) is 0 Å². The summed E-state index contributed by atoms with van der Waals surface area (Å²) in [5, 5.41) is 0. The van der Waals surface area contributed by atoms with Gasteiger partial charge in [-0.1, -0.05) is 18.2 Å². The van der Waals surface area contributed by atoms with E-state index in [4.69, 9.17) is 18.9 Å². The molecule has 0 saturated heterocycles. The van der Waals surface area contributed by atoms with Crippen molar-refractivity contribution in [1.29, 1.82) is 0 Å². The van der Waals surface area contributed by atoms with Gasteiger partial charge in [-0.2, -0.15) is 0 Å². The van der Waals surface area contributed by atoms with E-state index in [1.807, 2.05) is 36.4 Å². The Balaban J connectivity index is 2.76. The van der Waals surface area contributed by atoms with Gasteiger partial charge in [-0.3, -0.25) is 0 Å². The maximum absolute atomic E-state index is 5.52. The van der Waals surface area contributed by atoms with Crippen LogP contribution in [0.3, 0.4) is 0 Å². The van der Waals surface area contributed by atoms with Gasteiger partial charge in [-0.05, 0) is 23.8 Å². The largest absolute Gasteiger partial charge is 0.496 e. The minimum Gasteiger partial charge on any atom is -0.496 e. The number of hydrogen-bond acceptors (Lipinski definition) is 4. The molecule has 0 radical (unpaired) electrons. The van der Waals surface area contributed by atoms with E-state index >= 15 is 0 Å². The Hall–Kier alpha value is -2.20. The van der Waals surface area contributed by atoms with Crippen LogP contribution in [-0.2, 0) is 11.3 Å². The average Bonchev–Trinajstić information content (AvgIpc) is 2.54. The van der Waals surface area contributed by atoms with Gasteiger partial charge < -0.3 is 18.9 Å². The van der Waals surface area contributed by atoms with Crippen LogP contribution in [-0.4, -0.2) is 28.4 Å². The highest BCUT2D eigenvalue weighted by molar-refractivity contribution is 5.83. The maximum atomic E-state index is 5.52. The van der Waals surface area contributed by atoms with Gasteiger partial charge in [0.1, 0.15) is 17.2 Å². The second kappa shape index (κ2) is 6.99. The quantitative estimate of drug-likeness (QED) is 0.815. The first kappa shape index (κ1) is 15.2. The molecule has 2 aromatic rings. The van der Waals surface area contributed by atoms with Crippen LogP contribution in [0.2, 0.25) is 0 Å². The van der Waals surface area contributed by atoms with Crippen LogP contribution in [0.5, 0.6) is 17.2 Å². The van der Waals surface area contributed by atoms with Gasteiger partial charge >= 0.3 is 0 Å². The lowest BCUT2D eigenvalue weighted by molar-refractivity contribution is 0.185. The fraction of sp³-hybridized carbons (Fsp3) is 0.294. The van der Waals surface area contributed by atoms with Crippen molar-refractivity contribution in [1.82, 2.24) is 0 Å². The van der Waals surface area contributed by atoms with E-state index < -0.39 is 0 Å². The van der Waals surface area contributed by atoms with Crippen LogP contribution in [0.4, 0.5) is 0 Å². The molecule has 0 amide bonds. The molecule has 0 N–H and O–H groups in total. The molecule has 0 aliphatic carbocycles. The summed E-state index contributed by atoms with van der Waals surface area (Å²) in [6.07, 6.45) is 0. The minimum absolute atomic E-state index is 0.480. The number of rotatable bonds is 6. The molecule has 0 spiro atoms. The highest BCUT2D eigenvalue weighted by Crippen LogP contribution is 2.44. The normalized spacial score (nSPS) is 10.3. The lowest BCUT2D eigenvalue weighted by Gasteiger charge is -2.18. The second-order valence-corrected chi connectivity index (χ2v) is 4.46. The standard InChI is InChI=1S/C17H20O4/c1-18-11-12-7-5-8-13(19-2)16(12)17-14(20-3)9-6-10-15(17)21-4/h5-10H,11H2,1-4H3. The number of hydrogen-bond donors (Lipinski definition) is 0. The van der Waals surface area contributed by atoms with E-state index in [0.29, 0.717) is 6.61 Å². The number of methoxy groups -OCH3 is 4. The van der Waals surface area contributed by atoms with Crippen molar-refractivity contribution in [2.45, 2.75) is 6.61 Å². The Kier molecular flexibility index (Phi) is 5.06. The smallest absolute Gasteiger partial charge is 0.130 e. The molecule has 0 atom stereocenters. The molecule has 2 rings (SSSR count). The van der Waals surface area contributed by atoms with Crippen LogP contribution in [0, 0.1) is 0 Å². The van der Waals surface area contributed by atoms with Gasteiger partial charge in [0.05, 0.1) is 33.5 Å². The van der Waals surface area contributed by atoms with Crippen molar-refractivity contribution in [3.05, 3.63) is 42.0 Å². The summed E-state index contributed by atoms with van der Waals surface area (Å²) in [5.41, 5.74) is 2.81. The first-order valence-electron chi connectivity index (χ1n) is 6.63. The van der Waals surface area contributed by atoms with Crippen LogP contribution >= 0.6 is 0 Å². The fourth-order valence-corrected chi connectivity index (χ4v) is 2.40. The van der Waals surface area contributed by atoms with Crippen LogP contribution in [0.25, 0.3) is 11.1 Å². The Morgan fingerprint density at radius 3 is 1.62 bits per heavy atom. The van der Waals surface area contributed by atoms with Crippen molar-refractivity contribution in [3.63, 3.8) is 0 Å². The fourth-order valence-electron chi connectivity index (χ4n) is 2.40. The molecule has 4 heteroatoms.